The summed E-state index contributed by atoms with van der Waals surface area (Å²) in [4.78, 5) is 2.74. The Labute approximate surface area is 110 Å². The minimum atomic E-state index is 0.593. The van der Waals surface area contributed by atoms with Crippen molar-refractivity contribution in [1.29, 1.82) is 0 Å². The van der Waals surface area contributed by atoms with Crippen LogP contribution in [0.15, 0.2) is 0 Å². The third-order valence-corrected chi connectivity index (χ3v) is 6.47. The summed E-state index contributed by atoms with van der Waals surface area (Å²) in [6.07, 6.45) is 10.8. The maximum Gasteiger partial charge on any atom is 0.0281 e. The molecule has 3 aliphatic rings. The number of nitrogens with zero attached hydrogens (tertiary/aromatic N) is 1. The molecule has 98 valence electrons. The first-order valence-corrected chi connectivity index (χ1v) is 8.49. The molecule has 17 heavy (non-hydrogen) atoms. The van der Waals surface area contributed by atoms with Crippen molar-refractivity contribution < 1.29 is 0 Å². The molecule has 1 saturated heterocycles. The van der Waals surface area contributed by atoms with E-state index in [9.17, 15) is 0 Å². The number of thioether (sulfide) groups is 1. The quantitative estimate of drug-likeness (QED) is 0.811. The zero-order chi connectivity index (χ0) is 11.9. The molecule has 2 saturated carbocycles. The lowest BCUT2D eigenvalue weighted by molar-refractivity contribution is 0.253. The average molecular weight is 254 g/mol. The molecule has 2 unspecified atom stereocenters. The van der Waals surface area contributed by atoms with Gasteiger partial charge in [0.25, 0.3) is 0 Å². The fourth-order valence-electron chi connectivity index (χ4n) is 3.47. The van der Waals surface area contributed by atoms with Gasteiger partial charge in [-0.25, -0.2) is 0 Å². The van der Waals surface area contributed by atoms with Crippen molar-refractivity contribution in [2.75, 3.05) is 19.3 Å². The first-order chi connectivity index (χ1) is 8.22. The van der Waals surface area contributed by atoms with Crippen molar-refractivity contribution in [3.05, 3.63) is 0 Å². The monoisotopic (exact) mass is 254 g/mol. The maximum absolute atomic E-state index is 3.86. The molecule has 0 radical (unpaired) electrons. The fourth-order valence-corrected chi connectivity index (χ4v) is 4.40. The van der Waals surface area contributed by atoms with E-state index in [0.29, 0.717) is 4.75 Å². The minimum Gasteiger partial charge on any atom is -0.311 e. The molecule has 1 aliphatic heterocycles. The number of hydrogen-bond donors (Lipinski definition) is 1. The highest BCUT2D eigenvalue weighted by molar-refractivity contribution is 8.00. The molecule has 1 N–H and O–H groups in total. The predicted octanol–water partition coefficient (Wildman–Crippen LogP) is 2.49. The summed E-state index contributed by atoms with van der Waals surface area (Å²) < 4.78 is 0.593. The van der Waals surface area contributed by atoms with Crippen LogP contribution in [0.3, 0.4) is 0 Å². The topological polar surface area (TPSA) is 15.3 Å². The minimum absolute atomic E-state index is 0.593. The summed E-state index contributed by atoms with van der Waals surface area (Å²) in [7, 11) is 0. The second kappa shape index (κ2) is 4.75. The lowest BCUT2D eigenvalue weighted by atomic mass is 9.84. The smallest absolute Gasteiger partial charge is 0.0281 e. The molecule has 2 nitrogen and oxygen atoms in total. The van der Waals surface area contributed by atoms with Crippen LogP contribution in [0.25, 0.3) is 0 Å². The highest BCUT2D eigenvalue weighted by atomic mass is 32.2. The van der Waals surface area contributed by atoms with Gasteiger partial charge < -0.3 is 5.32 Å². The van der Waals surface area contributed by atoms with E-state index in [1.54, 1.807) is 0 Å². The Kier molecular flexibility index (Phi) is 3.44. The van der Waals surface area contributed by atoms with E-state index in [4.69, 9.17) is 0 Å². The Hall–Kier alpha value is 0.270. The molecule has 0 spiro atoms. The van der Waals surface area contributed by atoms with E-state index in [2.05, 4.69) is 35.2 Å². The molecule has 1 heterocycles. The van der Waals surface area contributed by atoms with Crippen molar-refractivity contribution in [2.24, 2.45) is 0 Å². The molecule has 0 aromatic heterocycles. The van der Waals surface area contributed by atoms with Gasteiger partial charge in [0.05, 0.1) is 0 Å². The molecular weight excluding hydrogens is 228 g/mol. The number of rotatable bonds is 5. The summed E-state index contributed by atoms with van der Waals surface area (Å²) in [5.74, 6) is 0. The second-order valence-corrected chi connectivity index (χ2v) is 7.61. The van der Waals surface area contributed by atoms with Crippen LogP contribution in [0, 0.1) is 0 Å². The molecule has 3 rings (SSSR count). The molecule has 2 atom stereocenters. The molecule has 3 fully saturated rings. The second-order valence-electron chi connectivity index (χ2n) is 6.33. The van der Waals surface area contributed by atoms with Gasteiger partial charge in [-0.05, 0) is 45.3 Å². The first-order valence-electron chi connectivity index (χ1n) is 7.27. The van der Waals surface area contributed by atoms with Crippen LogP contribution in [0.4, 0.5) is 0 Å². The molecule has 0 aromatic carbocycles. The molecule has 0 amide bonds. The fraction of sp³-hybridized carbons (Fsp3) is 1.00. The van der Waals surface area contributed by atoms with Crippen molar-refractivity contribution >= 4 is 11.8 Å². The van der Waals surface area contributed by atoms with Gasteiger partial charge in [-0.2, -0.15) is 11.8 Å². The van der Waals surface area contributed by atoms with Crippen LogP contribution in [0.1, 0.15) is 45.4 Å². The van der Waals surface area contributed by atoms with Crippen molar-refractivity contribution in [1.82, 2.24) is 10.2 Å². The van der Waals surface area contributed by atoms with Gasteiger partial charge in [-0.3, -0.25) is 4.90 Å². The zero-order valence-electron chi connectivity index (χ0n) is 11.2. The highest BCUT2D eigenvalue weighted by Crippen LogP contribution is 2.42. The van der Waals surface area contributed by atoms with Gasteiger partial charge in [-0.15, -0.1) is 0 Å². The number of nitrogens with one attached hydrogen (secondary N) is 1. The Morgan fingerprint density at radius 2 is 2.12 bits per heavy atom. The van der Waals surface area contributed by atoms with E-state index in [1.165, 1.54) is 51.6 Å². The third-order valence-electron chi connectivity index (χ3n) is 5.05. The van der Waals surface area contributed by atoms with Gasteiger partial charge in [-0.1, -0.05) is 6.42 Å². The van der Waals surface area contributed by atoms with E-state index >= 15 is 0 Å². The Bertz CT molecular complexity index is 268. The largest absolute Gasteiger partial charge is 0.311 e. The molecule has 3 heteroatoms. The lowest BCUT2D eigenvalue weighted by Gasteiger charge is -2.41. The number of hydrogen-bond acceptors (Lipinski definition) is 3. The van der Waals surface area contributed by atoms with Crippen LogP contribution in [-0.2, 0) is 0 Å². The van der Waals surface area contributed by atoms with Crippen molar-refractivity contribution in [3.8, 4) is 0 Å². The van der Waals surface area contributed by atoms with E-state index < -0.39 is 0 Å². The van der Waals surface area contributed by atoms with E-state index in [0.717, 1.165) is 18.1 Å². The van der Waals surface area contributed by atoms with Gasteiger partial charge in [0.2, 0.25) is 0 Å². The summed E-state index contributed by atoms with van der Waals surface area (Å²) in [5, 5.41) is 3.86. The molecular formula is C14H26N2S. The average Bonchev–Trinajstić information content (AvgIpc) is 3.03. The Morgan fingerprint density at radius 1 is 1.35 bits per heavy atom. The van der Waals surface area contributed by atoms with E-state index in [1.807, 2.05) is 0 Å². The lowest BCUT2D eigenvalue weighted by Crippen LogP contribution is -2.47. The molecule has 0 bridgehead atoms. The normalized spacial score (nSPS) is 37.1. The maximum atomic E-state index is 3.86. The highest BCUT2D eigenvalue weighted by Gasteiger charge is 2.40. The number of likely N-dealkylation sites (tertiary alicyclic amines) is 1. The summed E-state index contributed by atoms with van der Waals surface area (Å²) >= 11 is 2.09. The first kappa shape index (κ1) is 12.3. The third kappa shape index (κ3) is 2.52. The summed E-state index contributed by atoms with van der Waals surface area (Å²) in [5.41, 5.74) is 0. The molecule has 2 aliphatic carbocycles. The Morgan fingerprint density at radius 3 is 2.65 bits per heavy atom. The molecule has 0 aromatic rings. The summed E-state index contributed by atoms with van der Waals surface area (Å²) in [6, 6.07) is 2.51. The van der Waals surface area contributed by atoms with Crippen molar-refractivity contribution in [2.45, 2.75) is 68.3 Å². The SMILES string of the molecule is CSC1(CNC2CC(C)N(C3CC3)C2)CCC1. The summed E-state index contributed by atoms with van der Waals surface area (Å²) in [6.45, 7) is 4.95. The predicted molar refractivity (Wildman–Crippen MR) is 75.7 cm³/mol. The van der Waals surface area contributed by atoms with Gasteiger partial charge in [0, 0.05) is 36.0 Å². The zero-order valence-corrected chi connectivity index (χ0v) is 12.1. The van der Waals surface area contributed by atoms with Crippen LogP contribution < -0.4 is 5.32 Å². The van der Waals surface area contributed by atoms with Crippen LogP contribution in [0.5, 0.6) is 0 Å². The van der Waals surface area contributed by atoms with Crippen LogP contribution >= 0.6 is 11.8 Å². The van der Waals surface area contributed by atoms with Gasteiger partial charge in [0.15, 0.2) is 0 Å². The van der Waals surface area contributed by atoms with Gasteiger partial charge in [0.1, 0.15) is 0 Å². The standard InChI is InChI=1S/C14H26N2S/c1-11-8-12(9-16(11)13-4-5-13)15-10-14(17-2)6-3-7-14/h11-13,15H,3-10H2,1-2H3. The van der Waals surface area contributed by atoms with Crippen LogP contribution in [0.2, 0.25) is 0 Å². The van der Waals surface area contributed by atoms with Crippen LogP contribution in [-0.4, -0.2) is 47.1 Å². The van der Waals surface area contributed by atoms with Gasteiger partial charge >= 0.3 is 0 Å². The van der Waals surface area contributed by atoms with E-state index in [-0.39, 0.29) is 0 Å². The Balaban J connectivity index is 1.46. The van der Waals surface area contributed by atoms with Crippen molar-refractivity contribution in [3.63, 3.8) is 0 Å².